The van der Waals surface area contributed by atoms with E-state index in [1.165, 1.54) is 0 Å². The number of hydrogen-bond donors (Lipinski definition) is 1. The average Bonchev–Trinajstić information content (AvgIpc) is 2.53. The van der Waals surface area contributed by atoms with Gasteiger partial charge in [-0.3, -0.25) is 5.41 Å². The van der Waals surface area contributed by atoms with Crippen molar-refractivity contribution >= 4 is 5.90 Å². The molecule has 1 aliphatic carbocycles. The van der Waals surface area contributed by atoms with Gasteiger partial charge >= 0.3 is 0 Å². The highest BCUT2D eigenvalue weighted by atomic mass is 16.7. The van der Waals surface area contributed by atoms with E-state index in [0.717, 1.165) is 12.8 Å². The summed E-state index contributed by atoms with van der Waals surface area (Å²) >= 11 is 0. The first-order chi connectivity index (χ1) is 10.6. The third-order valence-electron chi connectivity index (χ3n) is 5.23. The van der Waals surface area contributed by atoms with Crippen molar-refractivity contribution in [2.45, 2.75) is 44.5 Å². The fourth-order valence-electron chi connectivity index (χ4n) is 4.23. The van der Waals surface area contributed by atoms with Gasteiger partial charge in [-0.2, -0.15) is 15.8 Å². The molecule has 3 saturated heterocycles. The van der Waals surface area contributed by atoms with Crippen molar-refractivity contribution in [3.8, 4) is 18.2 Å². The summed E-state index contributed by atoms with van der Waals surface area (Å²) in [4.78, 5) is 0. The highest BCUT2D eigenvalue weighted by Gasteiger charge is 2.79. The number of fused-ring (bicyclic) bond motifs is 2. The SMILES string of the molecule is C/C=C/[C@H]1O[C@@]23CCCC[C@@H]2C(C#N)(C#N)[C@@]1(C#N)C(=N)O3. The number of nitrogens with zero attached hydrogens (tertiary/aromatic N) is 3. The van der Waals surface area contributed by atoms with E-state index in [0.29, 0.717) is 12.8 Å². The maximum absolute atomic E-state index is 9.84. The first kappa shape index (κ1) is 14.6. The van der Waals surface area contributed by atoms with Crippen molar-refractivity contribution in [2.24, 2.45) is 16.7 Å². The lowest BCUT2D eigenvalue weighted by Crippen LogP contribution is -2.75. The van der Waals surface area contributed by atoms with Gasteiger partial charge in [0.25, 0.3) is 0 Å². The van der Waals surface area contributed by atoms with Gasteiger partial charge in [-0.15, -0.1) is 0 Å². The van der Waals surface area contributed by atoms with Crippen molar-refractivity contribution in [3.63, 3.8) is 0 Å². The van der Waals surface area contributed by atoms with Crippen LogP contribution in [0.5, 0.6) is 0 Å². The first-order valence-corrected chi connectivity index (χ1v) is 7.39. The molecule has 0 radical (unpaired) electrons. The van der Waals surface area contributed by atoms with E-state index in [-0.39, 0.29) is 5.90 Å². The summed E-state index contributed by atoms with van der Waals surface area (Å²) in [6.45, 7) is 1.78. The minimum atomic E-state index is -1.72. The van der Waals surface area contributed by atoms with E-state index in [2.05, 4.69) is 12.1 Å². The molecule has 1 saturated carbocycles. The van der Waals surface area contributed by atoms with Crippen molar-refractivity contribution in [1.29, 1.82) is 21.2 Å². The summed E-state index contributed by atoms with van der Waals surface area (Å²) in [5.74, 6) is -1.96. The Morgan fingerprint density at radius 3 is 2.55 bits per heavy atom. The Hall–Kier alpha value is -2.36. The van der Waals surface area contributed by atoms with Crippen LogP contribution in [0.3, 0.4) is 0 Å². The molecule has 22 heavy (non-hydrogen) atoms. The summed E-state index contributed by atoms with van der Waals surface area (Å²) in [5, 5.41) is 37.8. The molecule has 0 aromatic heterocycles. The summed E-state index contributed by atoms with van der Waals surface area (Å²) in [6.07, 6.45) is 5.35. The van der Waals surface area contributed by atoms with Crippen LogP contribution in [-0.4, -0.2) is 17.8 Å². The van der Waals surface area contributed by atoms with E-state index in [4.69, 9.17) is 14.9 Å². The molecule has 4 aliphatic rings. The molecular formula is C16H16N4O2. The van der Waals surface area contributed by atoms with Crippen LogP contribution >= 0.6 is 0 Å². The first-order valence-electron chi connectivity index (χ1n) is 7.39. The van der Waals surface area contributed by atoms with Crippen LogP contribution in [0.15, 0.2) is 12.2 Å². The van der Waals surface area contributed by atoms with E-state index in [1.807, 2.05) is 6.07 Å². The minimum Gasteiger partial charge on any atom is -0.447 e. The number of rotatable bonds is 1. The molecule has 0 unspecified atom stereocenters. The van der Waals surface area contributed by atoms with Crippen LogP contribution in [0.4, 0.5) is 0 Å². The highest BCUT2D eigenvalue weighted by Crippen LogP contribution is 2.65. The van der Waals surface area contributed by atoms with Gasteiger partial charge in [0.15, 0.2) is 10.8 Å². The zero-order valence-corrected chi connectivity index (χ0v) is 12.3. The summed E-state index contributed by atoms with van der Waals surface area (Å²) in [7, 11) is 0. The molecule has 0 aromatic carbocycles. The normalized spacial score (nSPS) is 41.8. The molecule has 0 amide bonds. The number of nitriles is 3. The topological polar surface area (TPSA) is 114 Å². The van der Waals surface area contributed by atoms with Gasteiger partial charge in [-0.1, -0.05) is 18.6 Å². The fraction of sp³-hybridized carbons (Fsp3) is 0.625. The van der Waals surface area contributed by atoms with Crippen molar-refractivity contribution < 1.29 is 9.47 Å². The number of hydrogen-bond acceptors (Lipinski definition) is 6. The van der Waals surface area contributed by atoms with E-state index in [1.54, 1.807) is 19.1 Å². The predicted octanol–water partition coefficient (Wildman–Crippen LogP) is 2.40. The lowest BCUT2D eigenvalue weighted by Gasteiger charge is -2.63. The lowest BCUT2D eigenvalue weighted by molar-refractivity contribution is -0.347. The largest absolute Gasteiger partial charge is 0.447 e. The molecule has 2 bridgehead atoms. The molecule has 3 heterocycles. The predicted molar refractivity (Wildman–Crippen MR) is 74.9 cm³/mol. The quantitative estimate of drug-likeness (QED) is 0.746. The van der Waals surface area contributed by atoms with E-state index < -0.39 is 28.6 Å². The van der Waals surface area contributed by atoms with Crippen LogP contribution in [0.25, 0.3) is 0 Å². The molecule has 4 atom stereocenters. The average molecular weight is 296 g/mol. The third-order valence-corrected chi connectivity index (χ3v) is 5.23. The Morgan fingerprint density at radius 1 is 1.23 bits per heavy atom. The zero-order valence-electron chi connectivity index (χ0n) is 12.3. The van der Waals surface area contributed by atoms with Gasteiger partial charge in [0.1, 0.15) is 6.10 Å². The van der Waals surface area contributed by atoms with Crippen molar-refractivity contribution in [1.82, 2.24) is 0 Å². The van der Waals surface area contributed by atoms with Gasteiger partial charge in [0.05, 0.1) is 24.1 Å². The van der Waals surface area contributed by atoms with Gasteiger partial charge in [-0.05, 0) is 19.8 Å². The molecule has 0 aromatic rings. The van der Waals surface area contributed by atoms with Crippen LogP contribution < -0.4 is 0 Å². The van der Waals surface area contributed by atoms with Crippen LogP contribution in [0.1, 0.15) is 32.6 Å². The van der Waals surface area contributed by atoms with E-state index >= 15 is 0 Å². The molecule has 112 valence electrons. The van der Waals surface area contributed by atoms with Crippen molar-refractivity contribution in [2.75, 3.05) is 0 Å². The summed E-state index contributed by atoms with van der Waals surface area (Å²) in [6, 6.07) is 6.21. The second kappa shape index (κ2) is 4.57. The molecule has 6 nitrogen and oxygen atoms in total. The monoisotopic (exact) mass is 296 g/mol. The van der Waals surface area contributed by atoms with Crippen LogP contribution in [0, 0.1) is 56.2 Å². The van der Waals surface area contributed by atoms with Gasteiger partial charge in [-0.25, -0.2) is 0 Å². The second-order valence-corrected chi connectivity index (χ2v) is 6.06. The number of allylic oxidation sites excluding steroid dienone is 1. The molecule has 4 rings (SSSR count). The number of nitrogens with one attached hydrogen (secondary N) is 1. The molecule has 4 fully saturated rings. The smallest absolute Gasteiger partial charge is 0.218 e. The second-order valence-electron chi connectivity index (χ2n) is 6.06. The van der Waals surface area contributed by atoms with E-state index in [9.17, 15) is 15.8 Å². The van der Waals surface area contributed by atoms with Gasteiger partial charge < -0.3 is 9.47 Å². The Morgan fingerprint density at radius 2 is 1.95 bits per heavy atom. The molecule has 3 aliphatic heterocycles. The molecular weight excluding hydrogens is 280 g/mol. The van der Waals surface area contributed by atoms with Crippen molar-refractivity contribution in [3.05, 3.63) is 12.2 Å². The number of ether oxygens (including phenoxy) is 2. The van der Waals surface area contributed by atoms with Crippen LogP contribution in [0.2, 0.25) is 0 Å². The highest BCUT2D eigenvalue weighted by molar-refractivity contribution is 5.89. The fourth-order valence-corrected chi connectivity index (χ4v) is 4.23. The molecule has 1 N–H and O–H groups in total. The third kappa shape index (κ3) is 1.33. The lowest BCUT2D eigenvalue weighted by atomic mass is 9.49. The maximum atomic E-state index is 9.84. The van der Waals surface area contributed by atoms with Gasteiger partial charge in [0, 0.05) is 6.42 Å². The standard InChI is InChI=1S/C16H16N4O2/c1-2-5-12-15(10-19)13(20)22-16(21-12)7-4-3-6-11(16)14(15,8-17)9-18/h2,5,11-12,20H,3-4,6-7H2,1H3/b5-2+,20-13?/t11-,12-,15-,16-/m1/s1. The summed E-state index contributed by atoms with van der Waals surface area (Å²) < 4.78 is 11.8. The molecule has 1 spiro atoms. The summed E-state index contributed by atoms with van der Waals surface area (Å²) in [5.41, 5.74) is -3.34. The molecule has 6 heteroatoms. The van der Waals surface area contributed by atoms with Gasteiger partial charge in [0.2, 0.25) is 11.7 Å². The minimum absolute atomic E-state index is 0.314. The Balaban J connectivity index is 2.32. The Labute approximate surface area is 129 Å². The maximum Gasteiger partial charge on any atom is 0.218 e. The Kier molecular flexibility index (Phi) is 3.02. The van der Waals surface area contributed by atoms with Crippen LogP contribution in [-0.2, 0) is 9.47 Å². The zero-order chi connectivity index (χ0) is 16.0. The Bertz CT molecular complexity index is 666.